The first-order valence-corrected chi connectivity index (χ1v) is 14.4. The quantitative estimate of drug-likeness (QED) is 0.512. The molecule has 5 heteroatoms. The van der Waals surface area contributed by atoms with E-state index in [-0.39, 0.29) is 0 Å². The fourth-order valence-corrected chi connectivity index (χ4v) is 3.52. The average Bonchev–Trinajstić information content (AvgIpc) is 2.33. The van der Waals surface area contributed by atoms with Crippen molar-refractivity contribution in [2.75, 3.05) is 13.7 Å². The van der Waals surface area contributed by atoms with Crippen LogP contribution in [0, 0.1) is 0 Å². The molecular weight excluding hydrogens is 296 g/mol. The summed E-state index contributed by atoms with van der Waals surface area (Å²) in [5, 5.41) is 0. The van der Waals surface area contributed by atoms with Crippen molar-refractivity contribution in [3.8, 4) is 11.5 Å². The molecule has 3 nitrogen and oxygen atoms in total. The highest BCUT2D eigenvalue weighted by Crippen LogP contribution is 2.30. The van der Waals surface area contributed by atoms with E-state index >= 15 is 0 Å². The molecule has 0 aliphatic heterocycles. The molecule has 0 radical (unpaired) electrons. The summed E-state index contributed by atoms with van der Waals surface area (Å²) >= 11 is 0. The SMILES string of the molecule is COc1cc(CCCO[Si](C)(C)C)ccc1O[Si](C)(C)C. The maximum atomic E-state index is 6.04. The Balaban J connectivity index is 2.61. The number of methoxy groups -OCH3 is 1. The van der Waals surface area contributed by atoms with Crippen LogP contribution in [0.5, 0.6) is 11.5 Å². The predicted octanol–water partition coefficient (Wildman–Crippen LogP) is 4.69. The van der Waals surface area contributed by atoms with Gasteiger partial charge in [0.05, 0.1) is 7.11 Å². The topological polar surface area (TPSA) is 27.7 Å². The smallest absolute Gasteiger partial charge is 0.242 e. The Hall–Kier alpha value is -0.786. The van der Waals surface area contributed by atoms with Gasteiger partial charge in [0, 0.05) is 6.61 Å². The zero-order valence-electron chi connectivity index (χ0n) is 14.6. The number of rotatable bonds is 8. The summed E-state index contributed by atoms with van der Waals surface area (Å²) in [4.78, 5) is 0. The second-order valence-corrected chi connectivity index (χ2v) is 16.2. The first kappa shape index (κ1) is 18.3. The third kappa shape index (κ3) is 7.69. The third-order valence-corrected chi connectivity index (χ3v) is 4.69. The molecule has 1 aromatic rings. The van der Waals surface area contributed by atoms with Crippen molar-refractivity contribution in [3.05, 3.63) is 23.8 Å². The Morgan fingerprint density at radius 3 is 2.10 bits per heavy atom. The fourth-order valence-electron chi connectivity index (χ4n) is 1.94. The molecule has 120 valence electrons. The highest BCUT2D eigenvalue weighted by molar-refractivity contribution is 6.70. The molecule has 0 aliphatic carbocycles. The van der Waals surface area contributed by atoms with Crippen molar-refractivity contribution < 1.29 is 13.6 Å². The van der Waals surface area contributed by atoms with Crippen molar-refractivity contribution in [1.82, 2.24) is 0 Å². The molecular formula is C16H30O3Si2. The molecule has 0 bridgehead atoms. The Morgan fingerprint density at radius 2 is 1.57 bits per heavy atom. The van der Waals surface area contributed by atoms with Crippen LogP contribution in [0.1, 0.15) is 12.0 Å². The molecule has 0 amide bonds. The highest BCUT2D eigenvalue weighted by Gasteiger charge is 2.19. The van der Waals surface area contributed by atoms with Crippen LogP contribution in [0.3, 0.4) is 0 Å². The van der Waals surface area contributed by atoms with Gasteiger partial charge in [0.2, 0.25) is 8.32 Å². The van der Waals surface area contributed by atoms with Crippen LogP contribution in [-0.4, -0.2) is 30.4 Å². The molecule has 0 saturated heterocycles. The summed E-state index contributed by atoms with van der Waals surface area (Å²) in [5.41, 5.74) is 1.27. The van der Waals surface area contributed by atoms with E-state index in [0.717, 1.165) is 30.9 Å². The number of ether oxygens (including phenoxy) is 1. The fraction of sp³-hybridized carbons (Fsp3) is 0.625. The molecule has 0 heterocycles. The summed E-state index contributed by atoms with van der Waals surface area (Å²) in [6, 6.07) is 6.25. The number of benzene rings is 1. The molecule has 1 rings (SSSR count). The number of aryl methyl sites for hydroxylation is 1. The molecule has 0 aliphatic rings. The average molecular weight is 327 g/mol. The lowest BCUT2D eigenvalue weighted by Gasteiger charge is -2.21. The monoisotopic (exact) mass is 326 g/mol. The Kier molecular flexibility index (Phi) is 6.50. The van der Waals surface area contributed by atoms with Gasteiger partial charge in [-0.1, -0.05) is 6.07 Å². The predicted molar refractivity (Wildman–Crippen MR) is 94.6 cm³/mol. The molecule has 0 N–H and O–H groups in total. The maximum absolute atomic E-state index is 6.04. The van der Waals surface area contributed by atoms with E-state index in [1.807, 2.05) is 6.07 Å². The zero-order valence-corrected chi connectivity index (χ0v) is 16.6. The van der Waals surface area contributed by atoms with Crippen molar-refractivity contribution in [2.45, 2.75) is 52.1 Å². The van der Waals surface area contributed by atoms with Crippen molar-refractivity contribution in [1.29, 1.82) is 0 Å². The van der Waals surface area contributed by atoms with Gasteiger partial charge in [0.25, 0.3) is 0 Å². The van der Waals surface area contributed by atoms with Crippen molar-refractivity contribution in [3.63, 3.8) is 0 Å². The summed E-state index contributed by atoms with van der Waals surface area (Å²) in [5.74, 6) is 1.69. The molecule has 0 atom stereocenters. The highest BCUT2D eigenvalue weighted by atomic mass is 28.4. The van der Waals surface area contributed by atoms with Crippen LogP contribution in [-0.2, 0) is 10.8 Å². The van der Waals surface area contributed by atoms with Gasteiger partial charge in [-0.15, -0.1) is 0 Å². The first-order valence-electron chi connectivity index (χ1n) is 7.61. The summed E-state index contributed by atoms with van der Waals surface area (Å²) in [6.07, 6.45) is 2.05. The number of hydrogen-bond donors (Lipinski definition) is 0. The molecule has 1 aromatic carbocycles. The summed E-state index contributed by atoms with van der Waals surface area (Å²) in [6.45, 7) is 14.0. The molecule has 0 aromatic heterocycles. The summed E-state index contributed by atoms with van der Waals surface area (Å²) in [7, 11) is -1.30. The normalized spacial score (nSPS) is 12.3. The Labute approximate surface area is 131 Å². The van der Waals surface area contributed by atoms with Crippen LogP contribution in [0.4, 0.5) is 0 Å². The van der Waals surface area contributed by atoms with Crippen molar-refractivity contribution >= 4 is 16.6 Å². The van der Waals surface area contributed by atoms with E-state index in [9.17, 15) is 0 Å². The minimum Gasteiger partial charge on any atom is -0.542 e. The Bertz CT molecular complexity index is 448. The summed E-state index contributed by atoms with van der Waals surface area (Å²) < 4.78 is 17.4. The minimum atomic E-state index is -1.61. The van der Waals surface area contributed by atoms with Gasteiger partial charge in [0.15, 0.2) is 14.1 Å². The molecule has 0 spiro atoms. The molecule has 0 saturated carbocycles. The molecule has 21 heavy (non-hydrogen) atoms. The van der Waals surface area contributed by atoms with Crippen LogP contribution >= 0.6 is 0 Å². The second kappa shape index (κ2) is 7.47. The lowest BCUT2D eigenvalue weighted by Crippen LogP contribution is -2.29. The van der Waals surface area contributed by atoms with E-state index in [4.69, 9.17) is 13.6 Å². The van der Waals surface area contributed by atoms with Crippen LogP contribution in [0.15, 0.2) is 18.2 Å². The van der Waals surface area contributed by atoms with Gasteiger partial charge in [-0.2, -0.15) is 0 Å². The zero-order chi connectivity index (χ0) is 16.1. The minimum absolute atomic E-state index is 0.834. The van der Waals surface area contributed by atoms with E-state index in [2.05, 4.69) is 51.4 Å². The van der Waals surface area contributed by atoms with Crippen LogP contribution < -0.4 is 9.16 Å². The van der Waals surface area contributed by atoms with Gasteiger partial charge in [0.1, 0.15) is 5.75 Å². The van der Waals surface area contributed by atoms with Gasteiger partial charge < -0.3 is 13.6 Å². The third-order valence-electron chi connectivity index (χ3n) is 2.79. The van der Waals surface area contributed by atoms with E-state index in [1.165, 1.54) is 5.56 Å². The molecule has 0 fully saturated rings. The largest absolute Gasteiger partial charge is 0.542 e. The van der Waals surface area contributed by atoms with E-state index < -0.39 is 16.6 Å². The van der Waals surface area contributed by atoms with Gasteiger partial charge >= 0.3 is 0 Å². The van der Waals surface area contributed by atoms with Crippen LogP contribution in [0.25, 0.3) is 0 Å². The van der Waals surface area contributed by atoms with Gasteiger partial charge in [-0.05, 0) is 69.8 Å². The van der Waals surface area contributed by atoms with Crippen LogP contribution in [0.2, 0.25) is 39.3 Å². The lowest BCUT2D eigenvalue weighted by molar-refractivity contribution is 0.304. The second-order valence-electron chi connectivity index (χ2n) is 7.26. The van der Waals surface area contributed by atoms with Gasteiger partial charge in [-0.3, -0.25) is 0 Å². The van der Waals surface area contributed by atoms with Crippen molar-refractivity contribution in [2.24, 2.45) is 0 Å². The Morgan fingerprint density at radius 1 is 0.905 bits per heavy atom. The standard InChI is InChI=1S/C16H30O3Si2/c1-17-16-13-14(9-8-12-18-20(2,3)4)10-11-15(16)19-21(5,6)7/h10-11,13H,8-9,12H2,1-7H3. The maximum Gasteiger partial charge on any atom is 0.242 e. The molecule has 0 unspecified atom stereocenters. The lowest BCUT2D eigenvalue weighted by atomic mass is 10.1. The van der Waals surface area contributed by atoms with E-state index in [0.29, 0.717) is 0 Å². The van der Waals surface area contributed by atoms with Gasteiger partial charge in [-0.25, -0.2) is 0 Å². The van der Waals surface area contributed by atoms with E-state index in [1.54, 1.807) is 7.11 Å². The first-order chi connectivity index (χ1) is 9.61. The number of hydrogen-bond acceptors (Lipinski definition) is 3.